The van der Waals surface area contributed by atoms with Gasteiger partial charge in [0, 0.05) is 17.4 Å². The molecule has 0 N–H and O–H groups in total. The average molecular weight is 309 g/mol. The van der Waals surface area contributed by atoms with Crippen molar-refractivity contribution >= 4 is 16.6 Å². The summed E-state index contributed by atoms with van der Waals surface area (Å²) in [4.78, 5) is 14.8. The van der Waals surface area contributed by atoms with E-state index in [1.165, 1.54) is 0 Å². The molecule has 21 heavy (non-hydrogen) atoms. The maximum Gasteiger partial charge on any atom is 0.145 e. The maximum atomic E-state index is 12.5. The summed E-state index contributed by atoms with van der Waals surface area (Å²) >= 11 is 0. The van der Waals surface area contributed by atoms with E-state index in [1.54, 1.807) is 0 Å². The largest absolute Gasteiger partial charge is 0.303 e. The zero-order valence-electron chi connectivity index (χ0n) is 13.6. The van der Waals surface area contributed by atoms with Crippen molar-refractivity contribution in [2.75, 3.05) is 19.8 Å². The maximum absolute atomic E-state index is 12.5. The normalized spacial score (nSPS) is 14.1. The number of benzene rings is 1. The fraction of sp³-hybridized carbons (Fsp3) is 0.588. The molecule has 4 heteroatoms. The predicted octanol–water partition coefficient (Wildman–Crippen LogP) is 3.57. The van der Waals surface area contributed by atoms with Gasteiger partial charge in [0.05, 0.1) is 16.6 Å². The van der Waals surface area contributed by atoms with Gasteiger partial charge in [-0.2, -0.15) is 0 Å². The number of carbonyl (C=O) groups is 1. The molecule has 0 heterocycles. The molecule has 1 aromatic carbocycles. The van der Waals surface area contributed by atoms with Crippen LogP contribution in [-0.4, -0.2) is 34.7 Å². The molecule has 1 rings (SSSR count). The summed E-state index contributed by atoms with van der Waals surface area (Å²) in [7, 11) is 2.76. The standard InChI is InChI=1S/C17H27NO2S/c1-5-6-7-10-15(19)13-21(20)17-12-9-8-11-16(17)14(2)18(3)4/h8-9,11-12,14H,5-7,10,13H2,1-4H3/t14-,21+/m1/s1. The number of rotatable bonds is 9. The van der Waals surface area contributed by atoms with Crippen LogP contribution in [0.15, 0.2) is 29.2 Å². The molecule has 2 atom stereocenters. The molecule has 1 aromatic rings. The number of carbonyl (C=O) groups excluding carboxylic acids is 1. The summed E-state index contributed by atoms with van der Waals surface area (Å²) in [5.74, 6) is 0.245. The van der Waals surface area contributed by atoms with Crippen LogP contribution in [0.4, 0.5) is 0 Å². The molecule has 0 radical (unpaired) electrons. The lowest BCUT2D eigenvalue weighted by Crippen LogP contribution is -2.19. The molecule has 0 aliphatic heterocycles. The van der Waals surface area contributed by atoms with Crippen molar-refractivity contribution in [2.45, 2.75) is 50.5 Å². The minimum atomic E-state index is -1.24. The fourth-order valence-electron chi connectivity index (χ4n) is 2.18. The first kappa shape index (κ1) is 18.1. The van der Waals surface area contributed by atoms with Gasteiger partial charge < -0.3 is 4.90 Å². The second kappa shape index (κ2) is 9.11. The van der Waals surface area contributed by atoms with E-state index < -0.39 is 10.8 Å². The van der Waals surface area contributed by atoms with Gasteiger partial charge >= 0.3 is 0 Å². The van der Waals surface area contributed by atoms with Crippen LogP contribution >= 0.6 is 0 Å². The summed E-state index contributed by atoms with van der Waals surface area (Å²) in [6.07, 6.45) is 3.61. The van der Waals surface area contributed by atoms with Gasteiger partial charge in [0.1, 0.15) is 5.78 Å². The highest BCUT2D eigenvalue weighted by atomic mass is 32.2. The van der Waals surface area contributed by atoms with E-state index in [4.69, 9.17) is 0 Å². The second-order valence-electron chi connectivity index (χ2n) is 5.66. The predicted molar refractivity (Wildman–Crippen MR) is 89.0 cm³/mol. The highest BCUT2D eigenvalue weighted by Gasteiger charge is 2.18. The summed E-state index contributed by atoms with van der Waals surface area (Å²) in [6, 6.07) is 7.91. The monoisotopic (exact) mass is 309 g/mol. The first-order chi connectivity index (χ1) is 9.97. The minimum Gasteiger partial charge on any atom is -0.303 e. The van der Waals surface area contributed by atoms with Crippen LogP contribution in [0.5, 0.6) is 0 Å². The first-order valence-electron chi connectivity index (χ1n) is 7.62. The van der Waals surface area contributed by atoms with Crippen LogP contribution < -0.4 is 0 Å². The average Bonchev–Trinajstić information content (AvgIpc) is 2.46. The third-order valence-electron chi connectivity index (χ3n) is 3.74. The Labute approximate surface area is 131 Å². The first-order valence-corrected chi connectivity index (χ1v) is 8.94. The molecule has 0 unspecified atom stereocenters. The van der Waals surface area contributed by atoms with E-state index in [-0.39, 0.29) is 17.6 Å². The van der Waals surface area contributed by atoms with Crippen molar-refractivity contribution in [3.05, 3.63) is 29.8 Å². The van der Waals surface area contributed by atoms with Crippen LogP contribution in [0.1, 0.15) is 51.1 Å². The van der Waals surface area contributed by atoms with E-state index in [9.17, 15) is 9.00 Å². The van der Waals surface area contributed by atoms with Crippen molar-refractivity contribution in [1.29, 1.82) is 0 Å². The third-order valence-corrected chi connectivity index (χ3v) is 5.19. The smallest absolute Gasteiger partial charge is 0.145 e. The number of ketones is 1. The van der Waals surface area contributed by atoms with Gasteiger partial charge in [0.2, 0.25) is 0 Å². The Hall–Kier alpha value is -1.00. The highest BCUT2D eigenvalue weighted by Crippen LogP contribution is 2.24. The van der Waals surface area contributed by atoms with Gasteiger partial charge in [0.15, 0.2) is 0 Å². The van der Waals surface area contributed by atoms with Crippen LogP contribution in [0.25, 0.3) is 0 Å². The number of unbranched alkanes of at least 4 members (excludes halogenated alkanes) is 2. The van der Waals surface area contributed by atoms with E-state index in [1.807, 2.05) is 38.4 Å². The zero-order valence-corrected chi connectivity index (χ0v) is 14.4. The summed E-state index contributed by atoms with van der Waals surface area (Å²) in [6.45, 7) is 4.20. The molecule has 0 amide bonds. The Balaban J connectivity index is 2.76. The van der Waals surface area contributed by atoms with Crippen molar-refractivity contribution in [2.24, 2.45) is 0 Å². The van der Waals surface area contributed by atoms with E-state index in [2.05, 4.69) is 18.7 Å². The molecule has 0 saturated carbocycles. The Morgan fingerprint density at radius 2 is 1.90 bits per heavy atom. The fourth-order valence-corrected chi connectivity index (χ4v) is 3.50. The van der Waals surface area contributed by atoms with Crippen molar-refractivity contribution in [3.8, 4) is 0 Å². The van der Waals surface area contributed by atoms with Gasteiger partial charge in [-0.15, -0.1) is 0 Å². The molecule has 3 nitrogen and oxygen atoms in total. The molecule has 0 fully saturated rings. The SMILES string of the molecule is CCCCCC(=O)C[S@](=O)c1ccccc1[C@@H](C)N(C)C. The lowest BCUT2D eigenvalue weighted by Gasteiger charge is -2.22. The Morgan fingerprint density at radius 3 is 2.52 bits per heavy atom. The molecular formula is C17H27NO2S. The molecule has 0 aliphatic rings. The summed E-state index contributed by atoms with van der Waals surface area (Å²) < 4.78 is 12.5. The van der Waals surface area contributed by atoms with Crippen LogP contribution in [0.3, 0.4) is 0 Å². The number of nitrogens with zero attached hydrogens (tertiary/aromatic N) is 1. The number of hydrogen-bond acceptors (Lipinski definition) is 3. The molecule has 0 aliphatic carbocycles. The van der Waals surface area contributed by atoms with E-state index in [0.29, 0.717) is 6.42 Å². The quantitative estimate of drug-likeness (QED) is 0.654. The van der Waals surface area contributed by atoms with Crippen molar-refractivity contribution in [1.82, 2.24) is 4.90 Å². The molecule has 0 saturated heterocycles. The Bertz CT molecular complexity index is 485. The van der Waals surface area contributed by atoms with E-state index in [0.717, 1.165) is 29.7 Å². The lowest BCUT2D eigenvalue weighted by molar-refractivity contribution is -0.116. The van der Waals surface area contributed by atoms with Gasteiger partial charge in [-0.05, 0) is 39.1 Å². The minimum absolute atomic E-state index is 0.106. The zero-order chi connectivity index (χ0) is 15.8. The van der Waals surface area contributed by atoms with Gasteiger partial charge in [0.25, 0.3) is 0 Å². The van der Waals surface area contributed by atoms with Gasteiger partial charge in [-0.1, -0.05) is 38.0 Å². The van der Waals surface area contributed by atoms with Crippen LogP contribution in [0.2, 0.25) is 0 Å². The molecule has 118 valence electrons. The second-order valence-corrected chi connectivity index (χ2v) is 7.08. The third kappa shape index (κ3) is 5.71. The van der Waals surface area contributed by atoms with Crippen molar-refractivity contribution in [3.63, 3.8) is 0 Å². The lowest BCUT2D eigenvalue weighted by atomic mass is 10.1. The number of hydrogen-bond donors (Lipinski definition) is 0. The topological polar surface area (TPSA) is 37.4 Å². The van der Waals surface area contributed by atoms with Gasteiger partial charge in [-0.3, -0.25) is 9.00 Å². The molecule has 0 spiro atoms. The molecular weight excluding hydrogens is 282 g/mol. The number of Topliss-reactive ketones (excluding diaryl/α,β-unsaturated/α-hetero) is 1. The Kier molecular flexibility index (Phi) is 7.83. The highest BCUT2D eigenvalue weighted by molar-refractivity contribution is 7.85. The van der Waals surface area contributed by atoms with Crippen molar-refractivity contribution < 1.29 is 9.00 Å². The van der Waals surface area contributed by atoms with E-state index >= 15 is 0 Å². The summed E-state index contributed by atoms with van der Waals surface area (Å²) in [5, 5.41) is 0. The molecule has 0 bridgehead atoms. The van der Waals surface area contributed by atoms with Crippen LogP contribution in [-0.2, 0) is 15.6 Å². The summed E-state index contributed by atoms with van der Waals surface area (Å²) in [5.41, 5.74) is 1.04. The van der Waals surface area contributed by atoms with Crippen LogP contribution in [0, 0.1) is 0 Å². The van der Waals surface area contributed by atoms with Gasteiger partial charge in [-0.25, -0.2) is 0 Å². The molecule has 0 aromatic heterocycles. The Morgan fingerprint density at radius 1 is 1.24 bits per heavy atom.